The number of carbonyl (C=O) groups is 2. The highest BCUT2D eigenvalue weighted by molar-refractivity contribution is 9.10. The fourth-order valence-corrected chi connectivity index (χ4v) is 2.43. The van der Waals surface area contributed by atoms with Crippen molar-refractivity contribution >= 4 is 33.4 Å². The number of rotatable bonds is 5. The van der Waals surface area contributed by atoms with Crippen molar-refractivity contribution in [3.05, 3.63) is 57.6 Å². The van der Waals surface area contributed by atoms with E-state index in [0.717, 1.165) is 15.6 Å². The highest BCUT2D eigenvalue weighted by atomic mass is 79.9. The van der Waals surface area contributed by atoms with Gasteiger partial charge >= 0.3 is 0 Å². The zero-order valence-corrected chi connectivity index (χ0v) is 15.4. The van der Waals surface area contributed by atoms with Gasteiger partial charge in [-0.25, -0.2) is 0 Å². The molecule has 0 fully saturated rings. The molecule has 0 aromatic heterocycles. The molecule has 2 N–H and O–H groups in total. The second-order valence-corrected chi connectivity index (χ2v) is 6.25. The highest BCUT2D eigenvalue weighted by Gasteiger charge is 2.13. The van der Waals surface area contributed by atoms with Crippen molar-refractivity contribution in [1.29, 1.82) is 0 Å². The van der Waals surface area contributed by atoms with Crippen LogP contribution < -0.4 is 15.4 Å². The van der Waals surface area contributed by atoms with Crippen molar-refractivity contribution < 1.29 is 14.3 Å². The Morgan fingerprint density at radius 2 is 1.88 bits per heavy atom. The number of ether oxygens (including phenoxy) is 1. The molecule has 2 aromatic carbocycles. The Labute approximate surface area is 149 Å². The molecule has 0 saturated carbocycles. The number of halogens is 1. The summed E-state index contributed by atoms with van der Waals surface area (Å²) in [7, 11) is 1.50. The molecule has 0 aliphatic carbocycles. The van der Waals surface area contributed by atoms with Crippen LogP contribution in [0, 0.1) is 13.8 Å². The predicted molar refractivity (Wildman–Crippen MR) is 97.6 cm³/mol. The largest absolute Gasteiger partial charge is 0.496 e. The Hall–Kier alpha value is -2.34. The molecule has 2 amide bonds. The Kier molecular flexibility index (Phi) is 5.98. The van der Waals surface area contributed by atoms with E-state index in [1.807, 2.05) is 32.0 Å². The van der Waals surface area contributed by atoms with Gasteiger partial charge < -0.3 is 15.4 Å². The van der Waals surface area contributed by atoms with E-state index in [1.165, 1.54) is 7.11 Å². The van der Waals surface area contributed by atoms with Crippen molar-refractivity contribution in [1.82, 2.24) is 5.32 Å². The number of hydrogen-bond acceptors (Lipinski definition) is 3. The number of anilines is 1. The molecule has 0 spiro atoms. The maximum absolute atomic E-state index is 12.3. The van der Waals surface area contributed by atoms with E-state index in [0.29, 0.717) is 17.0 Å². The van der Waals surface area contributed by atoms with Crippen molar-refractivity contribution in [3.8, 4) is 5.75 Å². The average molecular weight is 391 g/mol. The lowest BCUT2D eigenvalue weighted by Crippen LogP contribution is -2.33. The van der Waals surface area contributed by atoms with E-state index < -0.39 is 0 Å². The van der Waals surface area contributed by atoms with Crippen molar-refractivity contribution in [2.75, 3.05) is 19.0 Å². The van der Waals surface area contributed by atoms with Crippen LogP contribution in [0.3, 0.4) is 0 Å². The van der Waals surface area contributed by atoms with E-state index in [9.17, 15) is 9.59 Å². The Balaban J connectivity index is 1.97. The van der Waals surface area contributed by atoms with Crippen LogP contribution in [0.1, 0.15) is 21.5 Å². The molecule has 0 aliphatic rings. The van der Waals surface area contributed by atoms with Crippen LogP contribution in [-0.4, -0.2) is 25.5 Å². The topological polar surface area (TPSA) is 67.4 Å². The summed E-state index contributed by atoms with van der Waals surface area (Å²) in [5.74, 6) is -0.170. The van der Waals surface area contributed by atoms with Crippen molar-refractivity contribution in [2.45, 2.75) is 13.8 Å². The van der Waals surface area contributed by atoms with Crippen LogP contribution in [0.2, 0.25) is 0 Å². The van der Waals surface area contributed by atoms with Gasteiger partial charge in [0, 0.05) is 10.2 Å². The van der Waals surface area contributed by atoms with Gasteiger partial charge in [-0.1, -0.05) is 27.6 Å². The maximum atomic E-state index is 12.3. The summed E-state index contributed by atoms with van der Waals surface area (Å²) >= 11 is 3.41. The van der Waals surface area contributed by atoms with Gasteiger partial charge in [-0.2, -0.15) is 0 Å². The monoisotopic (exact) mass is 390 g/mol. The molecule has 0 unspecified atom stereocenters. The third kappa shape index (κ3) is 4.58. The van der Waals surface area contributed by atoms with E-state index in [1.54, 1.807) is 18.2 Å². The number of hydrogen-bond donors (Lipinski definition) is 2. The van der Waals surface area contributed by atoms with Gasteiger partial charge in [-0.3, -0.25) is 9.59 Å². The van der Waals surface area contributed by atoms with Crippen LogP contribution in [0.25, 0.3) is 0 Å². The third-order valence-corrected chi connectivity index (χ3v) is 4.34. The van der Waals surface area contributed by atoms with E-state index in [2.05, 4.69) is 26.6 Å². The molecular formula is C18H19BrN2O3. The van der Waals surface area contributed by atoms with Crippen LogP contribution in [0.5, 0.6) is 5.75 Å². The fourth-order valence-electron chi connectivity index (χ4n) is 2.18. The van der Waals surface area contributed by atoms with Gasteiger partial charge in [-0.05, 0) is 49.7 Å². The minimum atomic E-state index is -0.349. The van der Waals surface area contributed by atoms with Gasteiger partial charge in [0.1, 0.15) is 5.75 Å². The SMILES string of the molecule is COc1ccc(C)cc1C(=O)NCC(=O)Nc1ccc(Br)c(C)c1. The van der Waals surface area contributed by atoms with Gasteiger partial charge in [-0.15, -0.1) is 0 Å². The quantitative estimate of drug-likeness (QED) is 0.821. The lowest BCUT2D eigenvalue weighted by atomic mass is 10.1. The molecule has 2 aromatic rings. The van der Waals surface area contributed by atoms with Crippen molar-refractivity contribution in [3.63, 3.8) is 0 Å². The normalized spacial score (nSPS) is 10.2. The first kappa shape index (κ1) is 18.0. The zero-order chi connectivity index (χ0) is 17.7. The number of amides is 2. The molecule has 6 heteroatoms. The first-order valence-electron chi connectivity index (χ1n) is 7.39. The minimum absolute atomic E-state index is 0.120. The number of benzene rings is 2. The molecule has 0 saturated heterocycles. The second kappa shape index (κ2) is 7.97. The number of methoxy groups -OCH3 is 1. The third-order valence-electron chi connectivity index (χ3n) is 3.45. The van der Waals surface area contributed by atoms with Crippen molar-refractivity contribution in [2.24, 2.45) is 0 Å². The Morgan fingerprint density at radius 1 is 1.12 bits per heavy atom. The summed E-state index contributed by atoms with van der Waals surface area (Å²) in [6.07, 6.45) is 0. The zero-order valence-electron chi connectivity index (χ0n) is 13.8. The lowest BCUT2D eigenvalue weighted by molar-refractivity contribution is -0.115. The summed E-state index contributed by atoms with van der Waals surface area (Å²) in [6.45, 7) is 3.70. The summed E-state index contributed by atoms with van der Waals surface area (Å²) in [6, 6.07) is 10.8. The molecule has 0 atom stereocenters. The van der Waals surface area contributed by atoms with Crippen LogP contribution in [0.4, 0.5) is 5.69 Å². The Bertz CT molecular complexity index is 775. The molecule has 24 heavy (non-hydrogen) atoms. The molecule has 0 aliphatic heterocycles. The summed E-state index contributed by atoms with van der Waals surface area (Å²) in [5.41, 5.74) is 3.05. The Morgan fingerprint density at radius 3 is 2.54 bits per heavy atom. The summed E-state index contributed by atoms with van der Waals surface area (Å²) in [4.78, 5) is 24.3. The molecule has 0 radical (unpaired) electrons. The number of aryl methyl sites for hydroxylation is 2. The molecular weight excluding hydrogens is 372 g/mol. The standard InChI is InChI=1S/C18H19BrN2O3/c1-11-4-7-16(24-3)14(8-11)18(23)20-10-17(22)21-13-5-6-15(19)12(2)9-13/h4-9H,10H2,1-3H3,(H,20,23)(H,21,22). The van der Waals surface area contributed by atoms with Gasteiger partial charge in [0.05, 0.1) is 19.2 Å². The molecule has 126 valence electrons. The van der Waals surface area contributed by atoms with Crippen LogP contribution in [-0.2, 0) is 4.79 Å². The minimum Gasteiger partial charge on any atom is -0.496 e. The first-order valence-corrected chi connectivity index (χ1v) is 8.19. The molecule has 5 nitrogen and oxygen atoms in total. The van der Waals surface area contributed by atoms with Gasteiger partial charge in [0.25, 0.3) is 5.91 Å². The first-order chi connectivity index (χ1) is 11.4. The van der Waals surface area contributed by atoms with Gasteiger partial charge in [0.2, 0.25) is 5.91 Å². The summed E-state index contributed by atoms with van der Waals surface area (Å²) < 4.78 is 6.16. The molecule has 0 heterocycles. The molecule has 0 bridgehead atoms. The average Bonchev–Trinajstić information content (AvgIpc) is 2.56. The van der Waals surface area contributed by atoms with Crippen LogP contribution in [0.15, 0.2) is 40.9 Å². The fraction of sp³-hybridized carbons (Fsp3) is 0.222. The summed E-state index contributed by atoms with van der Waals surface area (Å²) in [5, 5.41) is 5.36. The highest BCUT2D eigenvalue weighted by Crippen LogP contribution is 2.20. The van der Waals surface area contributed by atoms with E-state index in [4.69, 9.17) is 4.74 Å². The molecule has 2 rings (SSSR count). The van der Waals surface area contributed by atoms with Crippen LogP contribution >= 0.6 is 15.9 Å². The van der Waals surface area contributed by atoms with Gasteiger partial charge in [0.15, 0.2) is 0 Å². The predicted octanol–water partition coefficient (Wildman–Crippen LogP) is 3.44. The smallest absolute Gasteiger partial charge is 0.255 e. The van der Waals surface area contributed by atoms with E-state index in [-0.39, 0.29) is 18.4 Å². The number of carbonyl (C=O) groups excluding carboxylic acids is 2. The lowest BCUT2D eigenvalue weighted by Gasteiger charge is -2.11. The van der Waals surface area contributed by atoms with E-state index >= 15 is 0 Å². The maximum Gasteiger partial charge on any atom is 0.255 e. The number of nitrogens with one attached hydrogen (secondary N) is 2. The second-order valence-electron chi connectivity index (χ2n) is 5.40.